The lowest BCUT2D eigenvalue weighted by Crippen LogP contribution is -1.96. The molecule has 0 aliphatic heterocycles. The first kappa shape index (κ1) is 12.8. The first-order valence-electron chi connectivity index (χ1n) is 6.52. The summed E-state index contributed by atoms with van der Waals surface area (Å²) in [5.41, 5.74) is 10.4. The first-order chi connectivity index (χ1) is 9.60. The van der Waals surface area contributed by atoms with Gasteiger partial charge in [0.05, 0.1) is 11.0 Å². The minimum atomic E-state index is -0.250. The summed E-state index contributed by atoms with van der Waals surface area (Å²) in [6.45, 7) is 2.44. The fraction of sp³-hybridized carbons (Fsp3) is 0.188. The van der Waals surface area contributed by atoms with E-state index in [0.717, 1.165) is 33.5 Å². The van der Waals surface area contributed by atoms with Crippen LogP contribution in [-0.4, -0.2) is 9.55 Å². The molecule has 0 amide bonds. The lowest BCUT2D eigenvalue weighted by molar-refractivity contribution is 0.627. The van der Waals surface area contributed by atoms with Crippen LogP contribution in [0.5, 0.6) is 0 Å². The Bertz CT molecular complexity index is 790. The predicted octanol–water partition coefficient (Wildman–Crippen LogP) is 3.15. The van der Waals surface area contributed by atoms with Gasteiger partial charge in [0.1, 0.15) is 11.6 Å². The van der Waals surface area contributed by atoms with Gasteiger partial charge in [0.25, 0.3) is 0 Å². The fourth-order valence-electron chi connectivity index (χ4n) is 2.45. The summed E-state index contributed by atoms with van der Waals surface area (Å²) in [7, 11) is 1.94. The van der Waals surface area contributed by atoms with Crippen molar-refractivity contribution in [2.75, 3.05) is 0 Å². The number of aryl methyl sites for hydroxylation is 2. The molecule has 4 heteroatoms. The molecule has 2 aromatic carbocycles. The van der Waals surface area contributed by atoms with Crippen LogP contribution in [0.2, 0.25) is 0 Å². The summed E-state index contributed by atoms with van der Waals surface area (Å²) in [5.74, 6) is 0.520. The molecule has 0 saturated heterocycles. The number of hydrogen-bond acceptors (Lipinski definition) is 2. The molecular formula is C16H16FN3. The van der Waals surface area contributed by atoms with Crippen molar-refractivity contribution in [2.24, 2.45) is 12.8 Å². The molecule has 0 saturated carbocycles. The number of halogens is 1. The molecule has 0 atom stereocenters. The van der Waals surface area contributed by atoms with Crippen LogP contribution < -0.4 is 5.73 Å². The van der Waals surface area contributed by atoms with E-state index in [4.69, 9.17) is 5.73 Å². The molecule has 0 radical (unpaired) electrons. The topological polar surface area (TPSA) is 43.8 Å². The maximum absolute atomic E-state index is 13.5. The van der Waals surface area contributed by atoms with E-state index in [1.54, 1.807) is 6.07 Å². The Hall–Kier alpha value is -2.20. The summed E-state index contributed by atoms with van der Waals surface area (Å²) >= 11 is 0. The monoisotopic (exact) mass is 269 g/mol. The standard InChI is InChI=1S/C16H16FN3/c1-10-3-5-12(17)8-13(10)16-19-14-7-11(9-18)4-6-15(14)20(16)2/h3-8H,9,18H2,1-2H3. The molecule has 0 fully saturated rings. The van der Waals surface area contributed by atoms with E-state index in [-0.39, 0.29) is 5.82 Å². The Balaban J connectivity index is 2.26. The molecule has 102 valence electrons. The van der Waals surface area contributed by atoms with Gasteiger partial charge in [-0.1, -0.05) is 12.1 Å². The molecule has 0 aliphatic rings. The summed E-state index contributed by atoms with van der Waals surface area (Å²) in [6, 6.07) is 10.7. The van der Waals surface area contributed by atoms with E-state index in [1.807, 2.05) is 36.7 Å². The first-order valence-corrected chi connectivity index (χ1v) is 6.52. The average Bonchev–Trinajstić information content (AvgIpc) is 2.78. The Kier molecular flexibility index (Phi) is 3.03. The highest BCUT2D eigenvalue weighted by molar-refractivity contribution is 5.81. The molecule has 1 aromatic heterocycles. The van der Waals surface area contributed by atoms with E-state index >= 15 is 0 Å². The molecule has 1 heterocycles. The molecule has 0 aliphatic carbocycles. The number of rotatable bonds is 2. The zero-order chi connectivity index (χ0) is 14.3. The van der Waals surface area contributed by atoms with Gasteiger partial charge in [-0.3, -0.25) is 0 Å². The summed E-state index contributed by atoms with van der Waals surface area (Å²) in [5, 5.41) is 0. The van der Waals surface area contributed by atoms with Crippen LogP contribution in [0.25, 0.3) is 22.4 Å². The number of aromatic nitrogens is 2. The van der Waals surface area contributed by atoms with Crippen molar-refractivity contribution in [2.45, 2.75) is 13.5 Å². The summed E-state index contributed by atoms with van der Waals surface area (Å²) in [4.78, 5) is 4.63. The molecule has 2 N–H and O–H groups in total. The number of imidazole rings is 1. The molecule has 0 unspecified atom stereocenters. The number of nitrogens with zero attached hydrogens (tertiary/aromatic N) is 2. The van der Waals surface area contributed by atoms with E-state index in [2.05, 4.69) is 4.98 Å². The largest absolute Gasteiger partial charge is 0.327 e. The van der Waals surface area contributed by atoms with Crippen LogP contribution >= 0.6 is 0 Å². The second-order valence-corrected chi connectivity index (χ2v) is 4.98. The van der Waals surface area contributed by atoms with Crippen molar-refractivity contribution in [1.82, 2.24) is 9.55 Å². The van der Waals surface area contributed by atoms with Crippen molar-refractivity contribution in [1.29, 1.82) is 0 Å². The highest BCUT2D eigenvalue weighted by atomic mass is 19.1. The molecular weight excluding hydrogens is 253 g/mol. The number of nitrogens with two attached hydrogens (primary N) is 1. The van der Waals surface area contributed by atoms with Crippen LogP contribution in [0.1, 0.15) is 11.1 Å². The van der Waals surface area contributed by atoms with Gasteiger partial charge in [-0.15, -0.1) is 0 Å². The van der Waals surface area contributed by atoms with Gasteiger partial charge >= 0.3 is 0 Å². The second kappa shape index (κ2) is 4.72. The van der Waals surface area contributed by atoms with Gasteiger partial charge in [0.15, 0.2) is 0 Å². The van der Waals surface area contributed by atoms with Crippen LogP contribution in [0.4, 0.5) is 4.39 Å². The van der Waals surface area contributed by atoms with Crippen LogP contribution in [0, 0.1) is 12.7 Å². The number of hydrogen-bond donors (Lipinski definition) is 1. The van der Waals surface area contributed by atoms with Crippen molar-refractivity contribution >= 4 is 11.0 Å². The fourth-order valence-corrected chi connectivity index (χ4v) is 2.45. The van der Waals surface area contributed by atoms with Gasteiger partial charge in [-0.2, -0.15) is 0 Å². The van der Waals surface area contributed by atoms with E-state index in [1.165, 1.54) is 12.1 Å². The summed E-state index contributed by atoms with van der Waals surface area (Å²) in [6.07, 6.45) is 0. The van der Waals surface area contributed by atoms with E-state index < -0.39 is 0 Å². The third-order valence-corrected chi connectivity index (χ3v) is 3.62. The lowest BCUT2D eigenvalue weighted by Gasteiger charge is -2.06. The number of benzene rings is 2. The molecule has 3 rings (SSSR count). The van der Waals surface area contributed by atoms with Gasteiger partial charge in [0, 0.05) is 19.2 Å². The van der Waals surface area contributed by atoms with Gasteiger partial charge in [0.2, 0.25) is 0 Å². The smallest absolute Gasteiger partial charge is 0.141 e. The lowest BCUT2D eigenvalue weighted by atomic mass is 10.1. The van der Waals surface area contributed by atoms with Crippen LogP contribution in [-0.2, 0) is 13.6 Å². The maximum Gasteiger partial charge on any atom is 0.141 e. The van der Waals surface area contributed by atoms with Crippen molar-refractivity contribution < 1.29 is 4.39 Å². The zero-order valence-corrected chi connectivity index (χ0v) is 11.5. The van der Waals surface area contributed by atoms with E-state index in [0.29, 0.717) is 6.54 Å². The Morgan fingerprint density at radius 3 is 2.75 bits per heavy atom. The normalized spacial score (nSPS) is 11.2. The van der Waals surface area contributed by atoms with E-state index in [9.17, 15) is 4.39 Å². The Labute approximate surface area is 116 Å². The van der Waals surface area contributed by atoms with Crippen molar-refractivity contribution in [3.8, 4) is 11.4 Å². The Morgan fingerprint density at radius 1 is 1.20 bits per heavy atom. The summed E-state index contributed by atoms with van der Waals surface area (Å²) < 4.78 is 15.5. The van der Waals surface area contributed by atoms with Crippen LogP contribution in [0.3, 0.4) is 0 Å². The average molecular weight is 269 g/mol. The quantitative estimate of drug-likeness (QED) is 0.776. The number of fused-ring (bicyclic) bond motifs is 1. The van der Waals surface area contributed by atoms with Gasteiger partial charge in [-0.05, 0) is 42.3 Å². The highest BCUT2D eigenvalue weighted by Crippen LogP contribution is 2.27. The SMILES string of the molecule is Cc1ccc(F)cc1-c1nc2cc(CN)ccc2n1C. The maximum atomic E-state index is 13.5. The molecule has 0 bridgehead atoms. The van der Waals surface area contributed by atoms with Gasteiger partial charge < -0.3 is 10.3 Å². The van der Waals surface area contributed by atoms with Crippen molar-refractivity contribution in [3.05, 3.63) is 53.3 Å². The molecule has 3 nitrogen and oxygen atoms in total. The van der Waals surface area contributed by atoms with Crippen LogP contribution in [0.15, 0.2) is 36.4 Å². The molecule has 0 spiro atoms. The second-order valence-electron chi connectivity index (χ2n) is 4.98. The Morgan fingerprint density at radius 2 is 2.00 bits per heavy atom. The minimum absolute atomic E-state index is 0.250. The predicted molar refractivity (Wildman–Crippen MR) is 78.7 cm³/mol. The van der Waals surface area contributed by atoms with Crippen molar-refractivity contribution in [3.63, 3.8) is 0 Å². The molecule has 20 heavy (non-hydrogen) atoms. The zero-order valence-electron chi connectivity index (χ0n) is 11.5. The highest BCUT2D eigenvalue weighted by Gasteiger charge is 2.12. The van der Waals surface area contributed by atoms with Gasteiger partial charge in [-0.25, -0.2) is 9.37 Å². The third kappa shape index (κ3) is 1.98. The molecule has 3 aromatic rings. The minimum Gasteiger partial charge on any atom is -0.327 e. The third-order valence-electron chi connectivity index (χ3n) is 3.62.